The second-order valence-corrected chi connectivity index (χ2v) is 8.03. The molecule has 13 nitrogen and oxygen atoms in total. The smallest absolute Gasteiger partial charge is 0.256 e. The number of hydrogen-bond donors (Lipinski definition) is 4. The van der Waals surface area contributed by atoms with Crippen LogP contribution in [0.15, 0.2) is 12.5 Å². The van der Waals surface area contributed by atoms with E-state index in [2.05, 4.69) is 35.9 Å². The summed E-state index contributed by atoms with van der Waals surface area (Å²) in [5, 5.41) is 35.0. The van der Waals surface area contributed by atoms with E-state index in [1.165, 1.54) is 22.6 Å². The lowest BCUT2D eigenvalue weighted by Crippen LogP contribution is -2.41. The van der Waals surface area contributed by atoms with Crippen LogP contribution in [0.3, 0.4) is 0 Å². The van der Waals surface area contributed by atoms with Crippen molar-refractivity contribution < 1.29 is 19.7 Å². The lowest BCUT2D eigenvalue weighted by atomic mass is 10.1. The first-order chi connectivity index (χ1) is 15.5. The van der Waals surface area contributed by atoms with Gasteiger partial charge in [-0.05, 0) is 19.3 Å². The van der Waals surface area contributed by atoms with Crippen LogP contribution in [0.1, 0.15) is 44.0 Å². The zero-order chi connectivity index (χ0) is 22.4. The molecule has 0 bridgehead atoms. The maximum absolute atomic E-state index is 12.0. The zero-order valence-electron chi connectivity index (χ0n) is 17.7. The Morgan fingerprint density at radius 1 is 1.28 bits per heavy atom. The monoisotopic (exact) mass is 443 g/mol. The second-order valence-electron chi connectivity index (χ2n) is 8.03. The number of imidazole rings is 1. The summed E-state index contributed by atoms with van der Waals surface area (Å²) in [6.07, 6.45) is 1.31. The van der Waals surface area contributed by atoms with Crippen molar-refractivity contribution in [1.29, 1.82) is 0 Å². The fourth-order valence-corrected chi connectivity index (χ4v) is 3.75. The van der Waals surface area contributed by atoms with E-state index in [1.54, 1.807) is 0 Å². The summed E-state index contributed by atoms with van der Waals surface area (Å²) in [6.45, 7) is 2.70. The molecule has 1 aliphatic heterocycles. The molecule has 2 fully saturated rings. The van der Waals surface area contributed by atoms with E-state index in [1.807, 2.05) is 13.1 Å². The number of carbonyl (C=O) groups is 1. The fourth-order valence-electron chi connectivity index (χ4n) is 3.75. The van der Waals surface area contributed by atoms with Crippen LogP contribution in [0, 0.1) is 0 Å². The van der Waals surface area contributed by atoms with Gasteiger partial charge < -0.3 is 25.6 Å². The summed E-state index contributed by atoms with van der Waals surface area (Å²) in [4.78, 5) is 25.6. The number of nitrogens with zero attached hydrogens (tertiary/aromatic N) is 7. The van der Waals surface area contributed by atoms with Gasteiger partial charge in [-0.15, -0.1) is 5.10 Å². The summed E-state index contributed by atoms with van der Waals surface area (Å²) in [7, 11) is 1.43. The Balaban J connectivity index is 1.57. The van der Waals surface area contributed by atoms with Gasteiger partial charge in [0.05, 0.1) is 18.2 Å². The number of hydrogen-bond acceptors (Lipinski definition) is 10. The highest BCUT2D eigenvalue weighted by Crippen LogP contribution is 2.39. The van der Waals surface area contributed by atoms with Gasteiger partial charge >= 0.3 is 0 Å². The number of aromatic nitrogens is 7. The first-order valence-electron chi connectivity index (χ1n) is 10.7. The Morgan fingerprint density at radius 3 is 2.81 bits per heavy atom. The number of anilines is 1. The molecule has 0 spiro atoms. The highest BCUT2D eigenvalue weighted by Gasteiger charge is 2.47. The van der Waals surface area contributed by atoms with E-state index >= 15 is 0 Å². The molecule has 4 atom stereocenters. The van der Waals surface area contributed by atoms with Crippen LogP contribution in [0.5, 0.6) is 0 Å². The van der Waals surface area contributed by atoms with Crippen LogP contribution in [-0.4, -0.2) is 82.5 Å². The van der Waals surface area contributed by atoms with Gasteiger partial charge in [0, 0.05) is 19.5 Å². The molecule has 5 rings (SSSR count). The Hall–Kier alpha value is -3.16. The molecule has 0 unspecified atom stereocenters. The SMILES string of the molecule is CCCNc1nc(-n2cc(C3CC3)nn2)nc2c1ncn2[C@@H]1O[C@H](C(=O)NC)[C@@H](O)[C@H]1O. The molecule has 2 aliphatic rings. The fraction of sp³-hybridized carbons (Fsp3) is 0.579. The number of rotatable bonds is 7. The number of aliphatic hydroxyl groups excluding tert-OH is 2. The van der Waals surface area contributed by atoms with Gasteiger partial charge in [-0.1, -0.05) is 12.1 Å². The third-order valence-electron chi connectivity index (χ3n) is 5.68. The number of likely N-dealkylation sites (N-methyl/N-ethyl adjacent to an activating group) is 1. The Labute approximate surface area is 182 Å². The summed E-state index contributed by atoms with van der Waals surface area (Å²) in [5.74, 6) is 0.693. The van der Waals surface area contributed by atoms with Crippen LogP contribution in [0.2, 0.25) is 0 Å². The topological polar surface area (TPSA) is 165 Å². The Bertz CT molecular complexity index is 1140. The van der Waals surface area contributed by atoms with Crippen molar-refractivity contribution >= 4 is 22.9 Å². The molecular formula is C19H25N9O4. The van der Waals surface area contributed by atoms with Gasteiger partial charge in [0.2, 0.25) is 0 Å². The maximum atomic E-state index is 12.0. The van der Waals surface area contributed by atoms with E-state index in [9.17, 15) is 15.0 Å². The molecule has 3 aromatic heterocycles. The van der Waals surface area contributed by atoms with Crippen molar-refractivity contribution in [3.63, 3.8) is 0 Å². The van der Waals surface area contributed by atoms with E-state index in [4.69, 9.17) is 4.74 Å². The van der Waals surface area contributed by atoms with Gasteiger partial charge in [0.1, 0.15) is 12.2 Å². The largest absolute Gasteiger partial charge is 0.387 e. The first kappa shape index (κ1) is 20.7. The number of carbonyl (C=O) groups excluding carboxylic acids is 1. The van der Waals surface area contributed by atoms with Gasteiger partial charge in [-0.3, -0.25) is 9.36 Å². The standard InChI is InChI=1S/C19H25N9O4/c1-3-6-21-15-11-16(24-19(23-15)28-7-10(25-26-28)9-4-5-9)27(8-22-11)18-13(30)12(29)14(32-18)17(31)20-2/h7-9,12-14,18,29-30H,3-6H2,1-2H3,(H,20,31)(H,21,23,24)/t12-,13+,14-,18+/m0/s1. The van der Waals surface area contributed by atoms with Gasteiger partial charge in [0.25, 0.3) is 11.9 Å². The van der Waals surface area contributed by atoms with Gasteiger partial charge in [-0.25, -0.2) is 4.98 Å². The molecule has 13 heteroatoms. The number of aliphatic hydroxyl groups is 2. The zero-order valence-corrected chi connectivity index (χ0v) is 17.7. The van der Waals surface area contributed by atoms with E-state index < -0.39 is 30.4 Å². The average Bonchev–Trinajstić information content (AvgIpc) is 3.25. The number of amides is 1. The van der Waals surface area contributed by atoms with Crippen molar-refractivity contribution in [3.8, 4) is 5.95 Å². The number of nitrogens with one attached hydrogen (secondary N) is 2. The highest BCUT2D eigenvalue weighted by atomic mass is 16.6. The van der Waals surface area contributed by atoms with Crippen LogP contribution in [-0.2, 0) is 9.53 Å². The van der Waals surface area contributed by atoms with Crippen LogP contribution in [0.25, 0.3) is 17.1 Å². The predicted molar refractivity (Wildman–Crippen MR) is 111 cm³/mol. The van der Waals surface area contributed by atoms with Crippen molar-refractivity contribution in [2.24, 2.45) is 0 Å². The third kappa shape index (κ3) is 3.47. The van der Waals surface area contributed by atoms with Gasteiger partial charge in [-0.2, -0.15) is 14.6 Å². The quantitative estimate of drug-likeness (QED) is 0.373. The molecule has 3 aromatic rings. The summed E-state index contributed by atoms with van der Waals surface area (Å²) >= 11 is 0. The molecule has 0 aromatic carbocycles. The van der Waals surface area contributed by atoms with Crippen LogP contribution < -0.4 is 10.6 Å². The molecule has 170 valence electrons. The maximum Gasteiger partial charge on any atom is 0.256 e. The van der Waals surface area contributed by atoms with Crippen molar-refractivity contribution in [3.05, 3.63) is 18.2 Å². The Morgan fingerprint density at radius 2 is 2.09 bits per heavy atom. The number of fused-ring (bicyclic) bond motifs is 1. The van der Waals surface area contributed by atoms with Crippen molar-refractivity contribution in [1.82, 2.24) is 39.8 Å². The van der Waals surface area contributed by atoms with Crippen molar-refractivity contribution in [2.75, 3.05) is 18.9 Å². The summed E-state index contributed by atoms with van der Waals surface area (Å²) < 4.78 is 8.70. The third-order valence-corrected chi connectivity index (χ3v) is 5.68. The molecule has 1 saturated carbocycles. The molecule has 1 amide bonds. The first-order valence-corrected chi connectivity index (χ1v) is 10.7. The van der Waals surface area contributed by atoms with E-state index in [0.717, 1.165) is 25.0 Å². The minimum Gasteiger partial charge on any atom is -0.387 e. The molecule has 1 aliphatic carbocycles. The molecular weight excluding hydrogens is 418 g/mol. The Kier molecular flexibility index (Phi) is 5.23. The molecule has 4 heterocycles. The molecule has 0 radical (unpaired) electrons. The predicted octanol–water partition coefficient (Wildman–Crippen LogP) is -0.528. The van der Waals surface area contributed by atoms with Crippen molar-refractivity contribution in [2.45, 2.75) is 56.6 Å². The lowest BCUT2D eigenvalue weighted by molar-refractivity contribution is -0.137. The van der Waals surface area contributed by atoms with Gasteiger partial charge in [0.15, 0.2) is 29.3 Å². The number of ether oxygens (including phenoxy) is 1. The second kappa shape index (κ2) is 8.07. The summed E-state index contributed by atoms with van der Waals surface area (Å²) in [6, 6.07) is 0. The minimum atomic E-state index is -1.40. The average molecular weight is 443 g/mol. The molecule has 4 N–H and O–H groups in total. The lowest BCUT2D eigenvalue weighted by Gasteiger charge is -2.17. The summed E-state index contributed by atoms with van der Waals surface area (Å²) in [5.41, 5.74) is 1.74. The normalized spacial score (nSPS) is 25.4. The minimum absolute atomic E-state index is 0.285. The van der Waals surface area contributed by atoms with Crippen LogP contribution >= 0.6 is 0 Å². The van der Waals surface area contributed by atoms with E-state index in [0.29, 0.717) is 29.4 Å². The van der Waals surface area contributed by atoms with Crippen LogP contribution in [0.4, 0.5) is 5.82 Å². The van der Waals surface area contributed by atoms with E-state index in [-0.39, 0.29) is 5.95 Å². The molecule has 1 saturated heterocycles. The highest BCUT2D eigenvalue weighted by molar-refractivity contribution is 5.84. The molecule has 32 heavy (non-hydrogen) atoms.